The lowest BCUT2D eigenvalue weighted by Gasteiger charge is -2.22. The number of hydrogen-bond acceptors (Lipinski definition) is 3. The molecule has 1 saturated carbocycles. The summed E-state index contributed by atoms with van der Waals surface area (Å²) in [5.74, 6) is -0.793. The van der Waals surface area contributed by atoms with Crippen LogP contribution >= 0.6 is 0 Å². The van der Waals surface area contributed by atoms with Crippen LogP contribution in [0.1, 0.15) is 52.4 Å². The van der Waals surface area contributed by atoms with E-state index in [-0.39, 0.29) is 5.92 Å². The molecule has 6 heteroatoms. The van der Waals surface area contributed by atoms with E-state index in [0.717, 1.165) is 12.8 Å². The number of urea groups is 1. The minimum atomic E-state index is -1.00. The maximum atomic E-state index is 11.6. The van der Waals surface area contributed by atoms with Gasteiger partial charge in [-0.15, -0.1) is 0 Å². The van der Waals surface area contributed by atoms with Crippen molar-refractivity contribution in [2.45, 2.75) is 64.5 Å². The molecule has 2 amide bonds. The normalized spacial score (nSPS) is 17.5. The first-order valence-corrected chi connectivity index (χ1v) is 7.87. The van der Waals surface area contributed by atoms with E-state index in [0.29, 0.717) is 25.7 Å². The van der Waals surface area contributed by atoms with Crippen LogP contribution in [-0.4, -0.2) is 42.4 Å². The molecule has 0 heterocycles. The Morgan fingerprint density at radius 3 is 2.48 bits per heavy atom. The predicted molar refractivity (Wildman–Crippen MR) is 80.2 cm³/mol. The average Bonchev–Trinajstić information content (AvgIpc) is 2.43. The van der Waals surface area contributed by atoms with Crippen LogP contribution in [0.2, 0.25) is 0 Å². The quantitative estimate of drug-likeness (QED) is 0.599. The van der Waals surface area contributed by atoms with E-state index in [4.69, 9.17) is 9.84 Å². The highest BCUT2D eigenvalue weighted by Gasteiger charge is 2.20. The zero-order valence-electron chi connectivity index (χ0n) is 13.1. The van der Waals surface area contributed by atoms with Crippen LogP contribution < -0.4 is 10.6 Å². The van der Waals surface area contributed by atoms with Gasteiger partial charge < -0.3 is 20.5 Å². The molecular weight excluding hydrogens is 272 g/mol. The van der Waals surface area contributed by atoms with Crippen molar-refractivity contribution < 1.29 is 19.4 Å². The van der Waals surface area contributed by atoms with Crippen molar-refractivity contribution in [3.63, 3.8) is 0 Å². The average molecular weight is 300 g/mol. The second-order valence-corrected chi connectivity index (χ2v) is 6.05. The van der Waals surface area contributed by atoms with Crippen LogP contribution in [0.3, 0.4) is 0 Å². The van der Waals surface area contributed by atoms with Gasteiger partial charge in [0.2, 0.25) is 0 Å². The summed E-state index contributed by atoms with van der Waals surface area (Å²) < 4.78 is 5.69. The Bertz CT molecular complexity index is 328. The lowest BCUT2D eigenvalue weighted by molar-refractivity contribution is -0.139. The van der Waals surface area contributed by atoms with E-state index in [1.807, 2.05) is 13.8 Å². The number of nitrogens with one attached hydrogen (secondary N) is 2. The van der Waals surface area contributed by atoms with E-state index < -0.39 is 18.0 Å². The molecule has 0 aromatic rings. The molecule has 1 atom stereocenters. The van der Waals surface area contributed by atoms with Crippen LogP contribution in [0.15, 0.2) is 0 Å². The Labute approximate surface area is 126 Å². The van der Waals surface area contributed by atoms with E-state index in [1.165, 1.54) is 19.3 Å². The lowest BCUT2D eigenvalue weighted by atomic mass is 9.98. The van der Waals surface area contributed by atoms with Gasteiger partial charge in [-0.25, -0.2) is 9.59 Å². The van der Waals surface area contributed by atoms with E-state index in [1.54, 1.807) is 0 Å². The molecule has 122 valence electrons. The number of ether oxygens (including phenoxy) is 1. The third-order valence-electron chi connectivity index (χ3n) is 3.60. The summed E-state index contributed by atoms with van der Waals surface area (Å²) in [6.45, 7) is 4.72. The van der Waals surface area contributed by atoms with E-state index in [9.17, 15) is 9.59 Å². The fourth-order valence-corrected chi connectivity index (χ4v) is 2.52. The molecule has 0 saturated heterocycles. The van der Waals surface area contributed by atoms with E-state index >= 15 is 0 Å². The smallest absolute Gasteiger partial charge is 0.326 e. The second kappa shape index (κ2) is 9.60. The Hall–Kier alpha value is -1.30. The molecule has 21 heavy (non-hydrogen) atoms. The molecule has 0 unspecified atom stereocenters. The Morgan fingerprint density at radius 2 is 1.90 bits per heavy atom. The van der Waals surface area contributed by atoms with Crippen molar-refractivity contribution in [3.05, 3.63) is 0 Å². The maximum Gasteiger partial charge on any atom is 0.326 e. The molecule has 0 aromatic carbocycles. The topological polar surface area (TPSA) is 87.7 Å². The van der Waals surface area contributed by atoms with Crippen LogP contribution in [-0.2, 0) is 9.53 Å². The molecule has 0 aromatic heterocycles. The monoisotopic (exact) mass is 300 g/mol. The molecule has 1 aliphatic rings. The van der Waals surface area contributed by atoms with Crippen molar-refractivity contribution in [2.75, 3.05) is 13.2 Å². The standard InChI is InChI=1S/C15H28N2O4/c1-11(2)10-13(14(18)19)17-15(20)16-8-9-21-12-6-4-3-5-7-12/h11-13H,3-10H2,1-2H3,(H,18,19)(H2,16,17,20)/t13-/m0/s1. The van der Waals surface area contributed by atoms with Crippen molar-refractivity contribution in [3.8, 4) is 0 Å². The van der Waals surface area contributed by atoms with Crippen LogP contribution in [0.5, 0.6) is 0 Å². The summed E-state index contributed by atoms with van der Waals surface area (Å²) in [6.07, 6.45) is 6.65. The minimum absolute atomic E-state index is 0.209. The molecule has 1 rings (SSSR count). The first-order chi connectivity index (χ1) is 9.99. The molecule has 1 aliphatic carbocycles. The highest BCUT2D eigenvalue weighted by Crippen LogP contribution is 2.19. The molecule has 0 aliphatic heterocycles. The largest absolute Gasteiger partial charge is 0.480 e. The molecule has 0 radical (unpaired) electrons. The zero-order chi connectivity index (χ0) is 15.7. The lowest BCUT2D eigenvalue weighted by Crippen LogP contribution is -2.47. The van der Waals surface area contributed by atoms with Gasteiger partial charge in [0.1, 0.15) is 6.04 Å². The van der Waals surface area contributed by atoms with Crippen molar-refractivity contribution in [1.29, 1.82) is 0 Å². The summed E-state index contributed by atoms with van der Waals surface area (Å²) in [4.78, 5) is 22.7. The van der Waals surface area contributed by atoms with Gasteiger partial charge in [0, 0.05) is 6.54 Å². The summed E-state index contributed by atoms with van der Waals surface area (Å²) in [6, 6.07) is -1.29. The Balaban J connectivity index is 2.15. The SMILES string of the molecule is CC(C)C[C@H](NC(=O)NCCOC1CCCCC1)C(=O)O. The summed E-state index contributed by atoms with van der Waals surface area (Å²) >= 11 is 0. The molecule has 1 fully saturated rings. The number of carbonyl (C=O) groups excluding carboxylic acids is 1. The van der Waals surface area contributed by atoms with Gasteiger partial charge in [-0.05, 0) is 25.2 Å². The number of hydrogen-bond donors (Lipinski definition) is 3. The number of carbonyl (C=O) groups is 2. The van der Waals surface area contributed by atoms with Gasteiger partial charge >= 0.3 is 12.0 Å². The number of carboxylic acid groups (broad SMARTS) is 1. The first-order valence-electron chi connectivity index (χ1n) is 7.87. The number of rotatable bonds is 8. The number of amides is 2. The third-order valence-corrected chi connectivity index (χ3v) is 3.60. The summed E-state index contributed by atoms with van der Waals surface area (Å²) in [5.41, 5.74) is 0. The predicted octanol–water partition coefficient (Wildman–Crippen LogP) is 2.13. The van der Waals surface area contributed by atoms with Gasteiger partial charge in [-0.1, -0.05) is 33.1 Å². The molecule has 3 N–H and O–H groups in total. The fraction of sp³-hybridized carbons (Fsp3) is 0.867. The summed E-state index contributed by atoms with van der Waals surface area (Å²) in [5, 5.41) is 14.2. The molecular formula is C15H28N2O4. The van der Waals surface area contributed by atoms with Crippen molar-refractivity contribution in [1.82, 2.24) is 10.6 Å². The van der Waals surface area contributed by atoms with Gasteiger partial charge in [0.15, 0.2) is 0 Å². The highest BCUT2D eigenvalue weighted by atomic mass is 16.5. The zero-order valence-corrected chi connectivity index (χ0v) is 13.1. The summed E-state index contributed by atoms with van der Waals surface area (Å²) in [7, 11) is 0. The Morgan fingerprint density at radius 1 is 1.24 bits per heavy atom. The molecule has 0 spiro atoms. The van der Waals surface area contributed by atoms with Gasteiger partial charge in [0.05, 0.1) is 12.7 Å². The van der Waals surface area contributed by atoms with Crippen molar-refractivity contribution >= 4 is 12.0 Å². The third kappa shape index (κ3) is 7.90. The van der Waals surface area contributed by atoms with Crippen LogP contribution in [0, 0.1) is 5.92 Å². The second-order valence-electron chi connectivity index (χ2n) is 6.05. The van der Waals surface area contributed by atoms with Crippen LogP contribution in [0.25, 0.3) is 0 Å². The minimum Gasteiger partial charge on any atom is -0.480 e. The molecule has 0 bridgehead atoms. The van der Waals surface area contributed by atoms with E-state index in [2.05, 4.69) is 10.6 Å². The van der Waals surface area contributed by atoms with Crippen LogP contribution in [0.4, 0.5) is 4.79 Å². The maximum absolute atomic E-state index is 11.6. The highest BCUT2D eigenvalue weighted by molar-refractivity contribution is 5.82. The Kier molecular flexibility index (Phi) is 8.12. The van der Waals surface area contributed by atoms with Gasteiger partial charge in [-0.2, -0.15) is 0 Å². The number of aliphatic carboxylic acids is 1. The van der Waals surface area contributed by atoms with Gasteiger partial charge in [-0.3, -0.25) is 0 Å². The van der Waals surface area contributed by atoms with Crippen molar-refractivity contribution in [2.24, 2.45) is 5.92 Å². The number of carboxylic acids is 1. The molecule has 6 nitrogen and oxygen atoms in total. The fourth-order valence-electron chi connectivity index (χ4n) is 2.52. The van der Waals surface area contributed by atoms with Gasteiger partial charge in [0.25, 0.3) is 0 Å². The first kappa shape index (κ1) is 17.8.